The molecule has 0 amide bonds. The van der Waals surface area contributed by atoms with Crippen LogP contribution in [0.2, 0.25) is 0 Å². The van der Waals surface area contributed by atoms with E-state index in [-0.39, 0.29) is 12.1 Å². The van der Waals surface area contributed by atoms with Crippen molar-refractivity contribution in [2.75, 3.05) is 12.4 Å². The second-order valence-electron chi connectivity index (χ2n) is 6.42. The summed E-state index contributed by atoms with van der Waals surface area (Å²) in [6.07, 6.45) is 5.03. The van der Waals surface area contributed by atoms with Crippen LogP contribution in [0.5, 0.6) is 0 Å². The van der Waals surface area contributed by atoms with Crippen LogP contribution in [0.4, 0.5) is 0 Å². The predicted molar refractivity (Wildman–Crippen MR) is 83.1 cm³/mol. The fourth-order valence-corrected chi connectivity index (χ4v) is 4.14. The number of pyridine rings is 1. The molecule has 4 heteroatoms. The first-order valence-electron chi connectivity index (χ1n) is 7.58. The quantitative estimate of drug-likeness (QED) is 0.759. The average molecular weight is 292 g/mol. The molecule has 2 aliphatic rings. The first-order valence-corrected chi connectivity index (χ1v) is 8.56. The Balaban J connectivity index is 1.69. The highest BCUT2D eigenvalue weighted by Gasteiger charge is 2.47. The minimum Gasteiger partial charge on any atom is -0.394 e. The van der Waals surface area contributed by atoms with E-state index < -0.39 is 0 Å². The maximum atomic E-state index is 9.95. The second kappa shape index (κ2) is 5.66. The summed E-state index contributed by atoms with van der Waals surface area (Å²) in [6, 6.07) is 4.88. The number of nitrogens with zero attached hydrogens (tertiary/aromatic N) is 1. The van der Waals surface area contributed by atoms with Crippen molar-refractivity contribution < 1.29 is 5.11 Å². The van der Waals surface area contributed by atoms with Crippen molar-refractivity contribution in [2.45, 2.75) is 56.1 Å². The van der Waals surface area contributed by atoms with E-state index in [1.807, 2.05) is 6.92 Å². The van der Waals surface area contributed by atoms with Gasteiger partial charge in [0, 0.05) is 17.5 Å². The molecule has 1 atom stereocenters. The fourth-order valence-electron chi connectivity index (χ4n) is 2.85. The highest BCUT2D eigenvalue weighted by molar-refractivity contribution is 7.99. The van der Waals surface area contributed by atoms with E-state index in [0.717, 1.165) is 16.5 Å². The van der Waals surface area contributed by atoms with Gasteiger partial charge in [-0.1, -0.05) is 0 Å². The van der Waals surface area contributed by atoms with Crippen molar-refractivity contribution in [1.29, 1.82) is 0 Å². The summed E-state index contributed by atoms with van der Waals surface area (Å²) < 4.78 is 0. The number of aryl methyl sites for hydroxylation is 2. The Morgan fingerprint density at radius 1 is 1.30 bits per heavy atom. The first-order chi connectivity index (χ1) is 9.61. The molecule has 3 rings (SSSR count). The van der Waals surface area contributed by atoms with E-state index in [2.05, 4.69) is 29.4 Å². The Morgan fingerprint density at radius 2 is 2.05 bits per heavy atom. The van der Waals surface area contributed by atoms with Crippen molar-refractivity contribution in [2.24, 2.45) is 5.92 Å². The van der Waals surface area contributed by atoms with Crippen LogP contribution in [0.1, 0.15) is 36.9 Å². The van der Waals surface area contributed by atoms with E-state index in [1.165, 1.54) is 31.2 Å². The van der Waals surface area contributed by atoms with Crippen molar-refractivity contribution in [3.8, 4) is 0 Å². The van der Waals surface area contributed by atoms with E-state index >= 15 is 0 Å². The minimum atomic E-state index is -0.0921. The molecule has 0 saturated heterocycles. The summed E-state index contributed by atoms with van der Waals surface area (Å²) in [5.74, 6) is 1.56. The molecule has 2 aliphatic carbocycles. The predicted octanol–water partition coefficient (Wildman–Crippen LogP) is 2.68. The van der Waals surface area contributed by atoms with Gasteiger partial charge in [0.15, 0.2) is 0 Å². The topological polar surface area (TPSA) is 45.2 Å². The summed E-state index contributed by atoms with van der Waals surface area (Å²) in [4.78, 5) is 4.60. The summed E-state index contributed by atoms with van der Waals surface area (Å²) in [6.45, 7) is 4.40. The Hall–Kier alpha value is -0.580. The fraction of sp³-hybridized carbons (Fsp3) is 0.688. The molecule has 2 saturated carbocycles. The van der Waals surface area contributed by atoms with Gasteiger partial charge in [0.05, 0.1) is 17.2 Å². The van der Waals surface area contributed by atoms with E-state index in [4.69, 9.17) is 0 Å². The zero-order valence-electron chi connectivity index (χ0n) is 12.4. The summed E-state index contributed by atoms with van der Waals surface area (Å²) in [7, 11) is 0. The molecule has 1 heterocycles. The molecule has 1 aromatic rings. The summed E-state index contributed by atoms with van der Waals surface area (Å²) >= 11 is 1.78. The highest BCUT2D eigenvalue weighted by atomic mass is 32.2. The lowest BCUT2D eigenvalue weighted by Gasteiger charge is -2.33. The molecule has 3 nitrogen and oxygen atoms in total. The third kappa shape index (κ3) is 3.35. The van der Waals surface area contributed by atoms with Crippen LogP contribution in [-0.2, 0) is 0 Å². The molecular weight excluding hydrogens is 268 g/mol. The molecule has 0 aromatic carbocycles. The van der Waals surface area contributed by atoms with E-state index in [9.17, 15) is 5.11 Å². The van der Waals surface area contributed by atoms with Crippen LogP contribution >= 0.6 is 11.8 Å². The number of hydrogen-bond donors (Lipinski definition) is 2. The minimum absolute atomic E-state index is 0.0921. The van der Waals surface area contributed by atoms with Gasteiger partial charge in [-0.2, -0.15) is 0 Å². The molecular formula is C16H24N2OS. The zero-order chi connectivity index (χ0) is 14.2. The number of aliphatic hydroxyl groups excluding tert-OH is 1. The molecule has 2 fully saturated rings. The van der Waals surface area contributed by atoms with E-state index in [0.29, 0.717) is 12.0 Å². The van der Waals surface area contributed by atoms with Crippen LogP contribution in [0.25, 0.3) is 0 Å². The zero-order valence-corrected chi connectivity index (χ0v) is 13.2. The third-order valence-corrected chi connectivity index (χ3v) is 5.43. The molecule has 110 valence electrons. The first kappa shape index (κ1) is 14.4. The SMILES string of the molecule is Cc1cc(C)nc(SCC(CO)(NC2CC2)C2CC2)c1. The van der Waals surface area contributed by atoms with Gasteiger partial charge in [-0.05, 0) is 63.1 Å². The Morgan fingerprint density at radius 3 is 2.60 bits per heavy atom. The van der Waals surface area contributed by atoms with Crippen LogP contribution in [-0.4, -0.2) is 34.0 Å². The molecule has 0 spiro atoms. The Kier molecular flexibility index (Phi) is 4.07. The molecule has 0 radical (unpaired) electrons. The monoisotopic (exact) mass is 292 g/mol. The number of aliphatic hydroxyl groups is 1. The van der Waals surface area contributed by atoms with Crippen LogP contribution < -0.4 is 5.32 Å². The summed E-state index contributed by atoms with van der Waals surface area (Å²) in [5, 5.41) is 14.8. The smallest absolute Gasteiger partial charge is 0.0966 e. The van der Waals surface area contributed by atoms with Crippen molar-refractivity contribution in [1.82, 2.24) is 10.3 Å². The summed E-state index contributed by atoms with van der Waals surface area (Å²) in [5.41, 5.74) is 2.24. The largest absolute Gasteiger partial charge is 0.394 e. The molecule has 0 aliphatic heterocycles. The highest BCUT2D eigenvalue weighted by Crippen LogP contribution is 2.43. The van der Waals surface area contributed by atoms with Crippen LogP contribution in [0.15, 0.2) is 17.2 Å². The van der Waals surface area contributed by atoms with Gasteiger partial charge in [-0.25, -0.2) is 4.98 Å². The van der Waals surface area contributed by atoms with Gasteiger partial charge in [0.1, 0.15) is 0 Å². The van der Waals surface area contributed by atoms with Gasteiger partial charge in [-0.3, -0.25) is 0 Å². The number of aromatic nitrogens is 1. The maximum absolute atomic E-state index is 9.95. The molecule has 20 heavy (non-hydrogen) atoms. The Labute approximate surface area is 125 Å². The van der Waals surface area contributed by atoms with Gasteiger partial charge in [-0.15, -0.1) is 11.8 Å². The van der Waals surface area contributed by atoms with Crippen molar-refractivity contribution in [3.05, 3.63) is 23.4 Å². The van der Waals surface area contributed by atoms with Gasteiger partial charge in [0.25, 0.3) is 0 Å². The average Bonchev–Trinajstić information content (AvgIpc) is 3.25. The molecule has 2 N–H and O–H groups in total. The standard InChI is InChI=1S/C16H24N2OS/c1-11-7-12(2)17-15(8-11)20-10-16(9-19,13-3-4-13)18-14-5-6-14/h7-8,13-14,18-19H,3-6,9-10H2,1-2H3. The number of thioether (sulfide) groups is 1. The maximum Gasteiger partial charge on any atom is 0.0966 e. The van der Waals surface area contributed by atoms with Crippen molar-refractivity contribution in [3.63, 3.8) is 0 Å². The number of hydrogen-bond acceptors (Lipinski definition) is 4. The van der Waals surface area contributed by atoms with Crippen LogP contribution in [0.3, 0.4) is 0 Å². The molecule has 1 aromatic heterocycles. The van der Waals surface area contributed by atoms with Gasteiger partial charge in [0.2, 0.25) is 0 Å². The van der Waals surface area contributed by atoms with Crippen LogP contribution in [0, 0.1) is 19.8 Å². The Bertz CT molecular complexity index is 465. The molecule has 0 bridgehead atoms. The lowest BCUT2D eigenvalue weighted by atomic mass is 9.96. The lowest BCUT2D eigenvalue weighted by Crippen LogP contribution is -2.53. The number of nitrogens with one attached hydrogen (secondary N) is 1. The second-order valence-corrected chi connectivity index (χ2v) is 7.42. The van der Waals surface area contributed by atoms with Gasteiger partial charge < -0.3 is 10.4 Å². The number of rotatable bonds is 7. The van der Waals surface area contributed by atoms with E-state index in [1.54, 1.807) is 11.8 Å². The molecule has 1 unspecified atom stereocenters. The third-order valence-electron chi connectivity index (χ3n) is 4.26. The van der Waals surface area contributed by atoms with Crippen molar-refractivity contribution >= 4 is 11.8 Å². The lowest BCUT2D eigenvalue weighted by molar-refractivity contribution is 0.157. The van der Waals surface area contributed by atoms with Gasteiger partial charge >= 0.3 is 0 Å². The normalized spacial score (nSPS) is 21.8.